The third kappa shape index (κ3) is 7.14. The first kappa shape index (κ1) is 23.4. The Balaban J connectivity index is 1.82. The first-order chi connectivity index (χ1) is 14.8. The molecule has 31 heavy (non-hydrogen) atoms. The Kier molecular flexibility index (Phi) is 8.56. The molecular weight excluding hydrogens is 400 g/mol. The fourth-order valence-corrected chi connectivity index (χ4v) is 2.79. The van der Waals surface area contributed by atoms with E-state index in [1.807, 2.05) is 26.0 Å². The average Bonchev–Trinajstić information content (AvgIpc) is 2.76. The summed E-state index contributed by atoms with van der Waals surface area (Å²) in [6.45, 7) is 6.58. The fourth-order valence-electron chi connectivity index (χ4n) is 2.79. The van der Waals surface area contributed by atoms with Crippen molar-refractivity contribution in [3.05, 3.63) is 59.7 Å². The molecule has 2 aromatic carbocycles. The molecule has 0 aromatic heterocycles. The number of esters is 1. The van der Waals surface area contributed by atoms with Crippen LogP contribution in [0.4, 0.5) is 11.4 Å². The van der Waals surface area contributed by atoms with Gasteiger partial charge in [0.05, 0.1) is 5.56 Å². The highest BCUT2D eigenvalue weighted by molar-refractivity contribution is 5.97. The normalized spacial score (nSPS) is 10.0. The van der Waals surface area contributed by atoms with Crippen LogP contribution in [0.2, 0.25) is 0 Å². The van der Waals surface area contributed by atoms with Gasteiger partial charge in [-0.15, -0.1) is 0 Å². The molecule has 0 unspecified atom stereocenters. The van der Waals surface area contributed by atoms with Crippen LogP contribution in [-0.2, 0) is 14.3 Å². The third-order valence-corrected chi connectivity index (χ3v) is 4.33. The second-order valence-corrected chi connectivity index (χ2v) is 6.56. The fraction of sp³-hybridized carbons (Fsp3) is 0.273. The first-order valence-corrected chi connectivity index (χ1v) is 9.83. The summed E-state index contributed by atoms with van der Waals surface area (Å²) < 4.78 is 4.93. The summed E-state index contributed by atoms with van der Waals surface area (Å²) in [4.78, 5) is 49.4. The van der Waals surface area contributed by atoms with Crippen molar-refractivity contribution >= 4 is 35.1 Å². The molecule has 0 radical (unpaired) electrons. The molecule has 0 bridgehead atoms. The first-order valence-electron chi connectivity index (χ1n) is 9.83. The smallest absolute Gasteiger partial charge is 0.338 e. The van der Waals surface area contributed by atoms with Crippen molar-refractivity contribution in [2.24, 2.45) is 0 Å². The van der Waals surface area contributed by atoms with E-state index in [0.29, 0.717) is 11.3 Å². The average molecular weight is 426 g/mol. The largest absolute Gasteiger partial charge is 0.452 e. The molecule has 0 aliphatic carbocycles. The maximum absolute atomic E-state index is 12.2. The van der Waals surface area contributed by atoms with Gasteiger partial charge in [-0.05, 0) is 56.3 Å². The number of ether oxygens (including phenoxy) is 1. The molecule has 9 nitrogen and oxygen atoms in total. The molecule has 0 saturated carbocycles. The van der Waals surface area contributed by atoms with Gasteiger partial charge in [0.25, 0.3) is 11.8 Å². The Labute approximate surface area is 180 Å². The number of rotatable bonds is 8. The van der Waals surface area contributed by atoms with Crippen LogP contribution in [0.5, 0.6) is 0 Å². The highest BCUT2D eigenvalue weighted by Gasteiger charge is 2.13. The highest BCUT2D eigenvalue weighted by atomic mass is 16.5. The van der Waals surface area contributed by atoms with Gasteiger partial charge in [0, 0.05) is 37.0 Å². The number of hydrogen-bond acceptors (Lipinski definition) is 6. The number of carbonyl (C=O) groups excluding carboxylic acids is 4. The minimum atomic E-state index is -0.735. The number of nitrogens with one attached hydrogen (secondary N) is 3. The topological polar surface area (TPSA) is 117 Å². The number of carbonyl (C=O) groups is 4. The molecular formula is C22H26N4O5. The molecule has 3 amide bonds. The molecule has 2 rings (SSSR count). The van der Waals surface area contributed by atoms with Gasteiger partial charge in [-0.1, -0.05) is 6.07 Å². The van der Waals surface area contributed by atoms with Crippen LogP contribution in [0, 0.1) is 0 Å². The lowest BCUT2D eigenvalue weighted by atomic mass is 10.2. The van der Waals surface area contributed by atoms with E-state index < -0.39 is 24.4 Å². The highest BCUT2D eigenvalue weighted by Crippen LogP contribution is 2.15. The van der Waals surface area contributed by atoms with E-state index in [2.05, 4.69) is 21.1 Å². The lowest BCUT2D eigenvalue weighted by Crippen LogP contribution is -2.43. The monoisotopic (exact) mass is 426 g/mol. The summed E-state index contributed by atoms with van der Waals surface area (Å²) in [6, 6.07) is 13.1. The van der Waals surface area contributed by atoms with E-state index in [4.69, 9.17) is 4.74 Å². The van der Waals surface area contributed by atoms with Crippen LogP contribution in [0.25, 0.3) is 0 Å². The van der Waals surface area contributed by atoms with Crippen molar-refractivity contribution in [1.82, 2.24) is 10.9 Å². The molecule has 0 spiro atoms. The lowest BCUT2D eigenvalue weighted by Gasteiger charge is -2.21. The Hall–Kier alpha value is -3.88. The van der Waals surface area contributed by atoms with E-state index in [1.165, 1.54) is 19.1 Å². The molecule has 164 valence electrons. The SMILES string of the molecule is CCN(CC)c1ccc(C(=O)NNC(=O)COC(=O)c2cccc(NC(C)=O)c2)cc1. The summed E-state index contributed by atoms with van der Waals surface area (Å²) in [5.41, 5.74) is 6.47. The molecule has 0 saturated heterocycles. The van der Waals surface area contributed by atoms with Gasteiger partial charge >= 0.3 is 5.97 Å². The van der Waals surface area contributed by atoms with E-state index >= 15 is 0 Å². The van der Waals surface area contributed by atoms with Gasteiger partial charge in [-0.3, -0.25) is 25.2 Å². The van der Waals surface area contributed by atoms with Crippen LogP contribution in [0.1, 0.15) is 41.5 Å². The maximum Gasteiger partial charge on any atom is 0.338 e. The van der Waals surface area contributed by atoms with Crippen molar-refractivity contribution in [2.75, 3.05) is 29.9 Å². The Morgan fingerprint density at radius 3 is 2.19 bits per heavy atom. The van der Waals surface area contributed by atoms with Gasteiger partial charge in [0.15, 0.2) is 6.61 Å². The van der Waals surface area contributed by atoms with Crippen molar-refractivity contribution in [2.45, 2.75) is 20.8 Å². The Morgan fingerprint density at radius 1 is 0.903 bits per heavy atom. The second kappa shape index (κ2) is 11.3. The van der Waals surface area contributed by atoms with Crippen LogP contribution in [0.15, 0.2) is 48.5 Å². The van der Waals surface area contributed by atoms with Crippen molar-refractivity contribution in [1.29, 1.82) is 0 Å². The molecule has 0 atom stereocenters. The van der Waals surface area contributed by atoms with Gasteiger partial charge in [0.1, 0.15) is 0 Å². The molecule has 0 aliphatic rings. The number of hydrogen-bond donors (Lipinski definition) is 3. The van der Waals surface area contributed by atoms with E-state index in [-0.39, 0.29) is 11.5 Å². The zero-order valence-electron chi connectivity index (χ0n) is 17.7. The van der Waals surface area contributed by atoms with Crippen molar-refractivity contribution in [3.63, 3.8) is 0 Å². The predicted molar refractivity (Wildman–Crippen MR) is 117 cm³/mol. The molecule has 3 N–H and O–H groups in total. The summed E-state index contributed by atoms with van der Waals surface area (Å²) >= 11 is 0. The number of amides is 3. The van der Waals surface area contributed by atoms with Crippen molar-refractivity contribution in [3.8, 4) is 0 Å². The standard InChI is InChI=1S/C22H26N4O5/c1-4-26(5-2)19-11-9-16(10-12-19)21(29)25-24-20(28)14-31-22(30)17-7-6-8-18(13-17)23-15(3)27/h6-13H,4-5,14H2,1-3H3,(H,23,27)(H,24,28)(H,25,29). The summed E-state index contributed by atoms with van der Waals surface area (Å²) in [5.74, 6) is -2.20. The third-order valence-electron chi connectivity index (χ3n) is 4.33. The predicted octanol–water partition coefficient (Wildman–Crippen LogP) is 2.11. The Bertz CT molecular complexity index is 939. The number of hydrazine groups is 1. The van der Waals surface area contributed by atoms with Gasteiger partial charge in [0.2, 0.25) is 5.91 Å². The summed E-state index contributed by atoms with van der Waals surface area (Å²) in [5, 5.41) is 2.55. The van der Waals surface area contributed by atoms with Crippen LogP contribution < -0.4 is 21.1 Å². The lowest BCUT2D eigenvalue weighted by molar-refractivity contribution is -0.125. The number of anilines is 2. The van der Waals surface area contributed by atoms with E-state index in [9.17, 15) is 19.2 Å². The minimum absolute atomic E-state index is 0.177. The maximum atomic E-state index is 12.2. The van der Waals surface area contributed by atoms with Crippen LogP contribution in [0.3, 0.4) is 0 Å². The van der Waals surface area contributed by atoms with Crippen LogP contribution >= 0.6 is 0 Å². The number of benzene rings is 2. The summed E-state index contributed by atoms with van der Waals surface area (Å²) in [6.07, 6.45) is 0. The molecule has 0 aliphatic heterocycles. The minimum Gasteiger partial charge on any atom is -0.452 e. The van der Waals surface area contributed by atoms with Crippen molar-refractivity contribution < 1.29 is 23.9 Å². The molecule has 9 heteroatoms. The van der Waals surface area contributed by atoms with Gasteiger partial charge < -0.3 is 15.0 Å². The summed E-state index contributed by atoms with van der Waals surface area (Å²) in [7, 11) is 0. The zero-order chi connectivity index (χ0) is 22.8. The van der Waals surface area contributed by atoms with E-state index in [0.717, 1.165) is 18.8 Å². The Morgan fingerprint density at radius 2 is 1.58 bits per heavy atom. The zero-order valence-corrected chi connectivity index (χ0v) is 17.7. The quantitative estimate of drug-likeness (QED) is 0.440. The number of nitrogens with zero attached hydrogens (tertiary/aromatic N) is 1. The molecule has 2 aromatic rings. The van der Waals surface area contributed by atoms with Gasteiger partial charge in [-0.25, -0.2) is 4.79 Å². The molecule has 0 heterocycles. The second-order valence-electron chi connectivity index (χ2n) is 6.56. The van der Waals surface area contributed by atoms with Gasteiger partial charge in [-0.2, -0.15) is 0 Å². The van der Waals surface area contributed by atoms with E-state index in [1.54, 1.807) is 24.3 Å². The molecule has 0 fully saturated rings. The van der Waals surface area contributed by atoms with Crippen LogP contribution in [-0.4, -0.2) is 43.4 Å².